The van der Waals surface area contributed by atoms with E-state index >= 15 is 0 Å². The Kier molecular flexibility index (Phi) is 8.82. The number of sulfonamides is 1. The molecule has 2 aromatic rings. The number of methoxy groups -OCH3 is 1. The van der Waals surface area contributed by atoms with E-state index in [2.05, 4.69) is 25.5 Å². The number of hydrogen-bond donors (Lipinski definition) is 1. The number of thiophene rings is 1. The van der Waals surface area contributed by atoms with E-state index in [4.69, 9.17) is 9.47 Å². The zero-order chi connectivity index (χ0) is 24.9. The number of ether oxygens (including phenoxy) is 2. The molecule has 0 radical (unpaired) electrons. The summed E-state index contributed by atoms with van der Waals surface area (Å²) < 4.78 is 35.9. The van der Waals surface area contributed by atoms with E-state index in [0.29, 0.717) is 49.3 Å². The van der Waals surface area contributed by atoms with Gasteiger partial charge in [0.2, 0.25) is 10.0 Å². The van der Waals surface area contributed by atoms with Crippen LogP contribution in [0.4, 0.5) is 0 Å². The first-order valence-corrected chi connectivity index (χ1v) is 14.6. The lowest BCUT2D eigenvalue weighted by molar-refractivity contribution is 0.0985. The van der Waals surface area contributed by atoms with Crippen LogP contribution < -0.4 is 14.2 Å². The normalized spacial score (nSPS) is 15.1. The van der Waals surface area contributed by atoms with Crippen molar-refractivity contribution < 1.29 is 22.7 Å². The Bertz CT molecular complexity index is 1120. The largest absolute Gasteiger partial charge is 0.496 e. The third-order valence-electron chi connectivity index (χ3n) is 6.32. The lowest BCUT2D eigenvalue weighted by atomic mass is 9.74. The third-order valence-corrected chi connectivity index (χ3v) is 8.50. The van der Waals surface area contributed by atoms with E-state index < -0.39 is 10.0 Å². The lowest BCUT2D eigenvalue weighted by Gasteiger charge is -2.30. The van der Waals surface area contributed by atoms with E-state index in [1.54, 1.807) is 18.4 Å². The van der Waals surface area contributed by atoms with Crippen LogP contribution in [-0.2, 0) is 35.7 Å². The molecule has 1 aliphatic rings. The molecular formula is C26H37NO5S2. The van der Waals surface area contributed by atoms with Gasteiger partial charge in [0.1, 0.15) is 11.5 Å². The number of ketones is 1. The summed E-state index contributed by atoms with van der Waals surface area (Å²) in [5, 5.41) is 0. The molecule has 0 saturated carbocycles. The minimum absolute atomic E-state index is 0.224. The Hall–Kier alpha value is -1.90. The van der Waals surface area contributed by atoms with Gasteiger partial charge in [-0.1, -0.05) is 26.8 Å². The van der Waals surface area contributed by atoms with E-state index in [1.165, 1.54) is 16.0 Å². The smallest absolute Gasteiger partial charge is 0.208 e. The molecule has 0 unspecified atom stereocenters. The van der Waals surface area contributed by atoms with Gasteiger partial charge in [-0.15, -0.1) is 11.3 Å². The summed E-state index contributed by atoms with van der Waals surface area (Å²) in [4.78, 5) is 15.6. The summed E-state index contributed by atoms with van der Waals surface area (Å²) in [7, 11) is -1.57. The Morgan fingerprint density at radius 1 is 1.24 bits per heavy atom. The van der Waals surface area contributed by atoms with Crippen molar-refractivity contribution in [3.8, 4) is 11.5 Å². The molecule has 0 bridgehead atoms. The highest BCUT2D eigenvalue weighted by atomic mass is 32.2. The zero-order valence-electron chi connectivity index (χ0n) is 21.0. The molecule has 0 amide bonds. The second-order valence-electron chi connectivity index (χ2n) is 9.77. The summed E-state index contributed by atoms with van der Waals surface area (Å²) in [6.07, 6.45) is 6.93. The van der Waals surface area contributed by atoms with E-state index in [-0.39, 0.29) is 5.78 Å². The first kappa shape index (κ1) is 26.7. The average Bonchev–Trinajstić information content (AvgIpc) is 3.13. The van der Waals surface area contributed by atoms with Gasteiger partial charge in [0.25, 0.3) is 0 Å². The number of Topliss-reactive ketones (excluding diaryl/α,β-unsaturated/α-hetero) is 1. The number of carbonyl (C=O) groups excluding carboxylic acids is 1. The summed E-state index contributed by atoms with van der Waals surface area (Å²) in [6, 6.07) is 5.64. The van der Waals surface area contributed by atoms with Crippen LogP contribution in [0, 0.1) is 5.41 Å². The van der Waals surface area contributed by atoms with Crippen LogP contribution in [0.2, 0.25) is 0 Å². The van der Waals surface area contributed by atoms with E-state index in [0.717, 1.165) is 42.4 Å². The summed E-state index contributed by atoms with van der Waals surface area (Å²) >= 11 is 1.70. The second-order valence-corrected chi connectivity index (χ2v) is 12.7. The summed E-state index contributed by atoms with van der Waals surface area (Å²) in [5.41, 5.74) is 4.01. The summed E-state index contributed by atoms with van der Waals surface area (Å²) in [5.74, 6) is 1.58. The van der Waals surface area contributed by atoms with Crippen LogP contribution in [0.25, 0.3) is 0 Å². The molecule has 1 heterocycles. The first-order valence-electron chi connectivity index (χ1n) is 11.9. The molecule has 3 rings (SSSR count). The number of benzene rings is 1. The van der Waals surface area contributed by atoms with Crippen molar-refractivity contribution in [3.63, 3.8) is 0 Å². The zero-order valence-corrected chi connectivity index (χ0v) is 22.6. The quantitative estimate of drug-likeness (QED) is 0.324. The molecule has 8 heteroatoms. The fourth-order valence-electron chi connectivity index (χ4n) is 4.47. The van der Waals surface area contributed by atoms with Crippen molar-refractivity contribution in [2.45, 2.75) is 65.7 Å². The maximum absolute atomic E-state index is 13.2. The molecule has 0 fully saturated rings. The van der Waals surface area contributed by atoms with Crippen molar-refractivity contribution >= 4 is 27.1 Å². The number of hydrogen-bond acceptors (Lipinski definition) is 6. The van der Waals surface area contributed by atoms with Crippen molar-refractivity contribution in [2.24, 2.45) is 5.41 Å². The van der Waals surface area contributed by atoms with Gasteiger partial charge in [-0.3, -0.25) is 4.79 Å². The average molecular weight is 508 g/mol. The van der Waals surface area contributed by atoms with Crippen molar-refractivity contribution in [2.75, 3.05) is 26.5 Å². The summed E-state index contributed by atoms with van der Waals surface area (Å²) in [6.45, 7) is 7.55. The highest BCUT2D eigenvalue weighted by molar-refractivity contribution is 7.88. The molecular weight excluding hydrogens is 470 g/mol. The van der Waals surface area contributed by atoms with Crippen LogP contribution in [0.5, 0.6) is 11.5 Å². The second kappa shape index (κ2) is 11.2. The number of rotatable bonds is 12. The molecule has 0 saturated heterocycles. The number of fused-ring (bicyclic) bond motifs is 1. The molecule has 1 aliphatic carbocycles. The Morgan fingerprint density at radius 3 is 2.68 bits per heavy atom. The number of carbonyl (C=O) groups is 1. The topological polar surface area (TPSA) is 81.7 Å². The predicted molar refractivity (Wildman–Crippen MR) is 138 cm³/mol. The number of aryl methyl sites for hydroxylation is 2. The molecule has 6 nitrogen and oxygen atoms in total. The predicted octanol–water partition coefficient (Wildman–Crippen LogP) is 4.97. The molecule has 0 aliphatic heterocycles. The van der Waals surface area contributed by atoms with Gasteiger partial charge < -0.3 is 9.47 Å². The molecule has 1 aromatic heterocycles. The Balaban J connectivity index is 1.61. The van der Waals surface area contributed by atoms with Crippen LogP contribution in [0.3, 0.4) is 0 Å². The van der Waals surface area contributed by atoms with Crippen LogP contribution in [0.1, 0.15) is 71.3 Å². The maximum atomic E-state index is 13.2. The molecule has 34 heavy (non-hydrogen) atoms. The Labute approximate surface area is 208 Å². The molecule has 1 N–H and O–H groups in total. The van der Waals surface area contributed by atoms with E-state index in [1.807, 2.05) is 18.2 Å². The minimum Gasteiger partial charge on any atom is -0.496 e. The minimum atomic E-state index is -3.18. The van der Waals surface area contributed by atoms with Gasteiger partial charge in [-0.05, 0) is 66.7 Å². The molecule has 0 spiro atoms. The van der Waals surface area contributed by atoms with Gasteiger partial charge in [0.15, 0.2) is 5.78 Å². The van der Waals surface area contributed by atoms with Gasteiger partial charge in [-0.2, -0.15) is 0 Å². The fraction of sp³-hybridized carbons (Fsp3) is 0.577. The SMILES string of the molecule is CCc1sc(C(=O)CCc2ccc(OCCCNS(C)(=O)=O)cc2OC)c2c1CC(C)(C)CC2. The van der Waals surface area contributed by atoms with Crippen molar-refractivity contribution in [1.82, 2.24) is 4.72 Å². The van der Waals surface area contributed by atoms with Crippen molar-refractivity contribution in [3.05, 3.63) is 44.6 Å². The monoisotopic (exact) mass is 507 g/mol. The highest BCUT2D eigenvalue weighted by Gasteiger charge is 2.31. The maximum Gasteiger partial charge on any atom is 0.208 e. The van der Waals surface area contributed by atoms with Gasteiger partial charge in [0, 0.05) is 23.9 Å². The van der Waals surface area contributed by atoms with Crippen LogP contribution in [-0.4, -0.2) is 40.7 Å². The number of nitrogens with one attached hydrogen (secondary N) is 1. The van der Waals surface area contributed by atoms with Gasteiger partial charge >= 0.3 is 0 Å². The van der Waals surface area contributed by atoms with Crippen molar-refractivity contribution in [1.29, 1.82) is 0 Å². The molecule has 188 valence electrons. The first-order chi connectivity index (χ1) is 16.0. The Morgan fingerprint density at radius 2 is 2.00 bits per heavy atom. The van der Waals surface area contributed by atoms with Crippen LogP contribution >= 0.6 is 11.3 Å². The lowest BCUT2D eigenvalue weighted by Crippen LogP contribution is -2.24. The fourth-order valence-corrected chi connectivity index (χ4v) is 6.25. The van der Waals surface area contributed by atoms with Gasteiger partial charge in [0.05, 0.1) is 24.8 Å². The standard InChI is InChI=1S/C26H37NO5S2/c1-6-24-21-17-26(2,3)13-12-20(21)25(33-24)22(28)11-9-18-8-10-19(16-23(18)31-4)32-15-7-14-27-34(5,29)30/h8,10,16,27H,6-7,9,11-15,17H2,1-5H3. The van der Waals surface area contributed by atoms with E-state index in [9.17, 15) is 13.2 Å². The van der Waals surface area contributed by atoms with Crippen LogP contribution in [0.15, 0.2) is 18.2 Å². The van der Waals surface area contributed by atoms with Gasteiger partial charge in [-0.25, -0.2) is 13.1 Å². The highest BCUT2D eigenvalue weighted by Crippen LogP contribution is 2.42. The third kappa shape index (κ3) is 7.06. The molecule has 1 aromatic carbocycles. The molecule has 0 atom stereocenters.